The van der Waals surface area contributed by atoms with Gasteiger partial charge in [-0.3, -0.25) is 14.9 Å². The van der Waals surface area contributed by atoms with E-state index in [1.165, 1.54) is 18.2 Å². The Labute approximate surface area is 136 Å². The van der Waals surface area contributed by atoms with E-state index in [9.17, 15) is 23.7 Å². The van der Waals surface area contributed by atoms with E-state index in [1.807, 2.05) is 0 Å². The molecule has 1 amide bonds. The number of rotatable bonds is 7. The molecule has 0 bridgehead atoms. The van der Waals surface area contributed by atoms with Crippen molar-refractivity contribution in [3.05, 3.63) is 69.8 Å². The van der Waals surface area contributed by atoms with E-state index < -0.39 is 16.4 Å². The van der Waals surface area contributed by atoms with E-state index in [1.54, 1.807) is 12.1 Å². The van der Waals surface area contributed by atoms with Gasteiger partial charge in [0.2, 0.25) is 11.7 Å². The fraction of sp³-hybridized carbons (Fsp3) is 0.188. The van der Waals surface area contributed by atoms with Gasteiger partial charge in [0, 0.05) is 18.3 Å². The van der Waals surface area contributed by atoms with Crippen LogP contribution in [0, 0.1) is 21.7 Å². The molecule has 2 rings (SSSR count). The Morgan fingerprint density at radius 1 is 1.12 bits per heavy atom. The van der Waals surface area contributed by atoms with Crippen LogP contribution in [0.5, 0.6) is 0 Å². The van der Waals surface area contributed by atoms with Gasteiger partial charge in [-0.15, -0.1) is 0 Å². The van der Waals surface area contributed by atoms with Gasteiger partial charge in [-0.1, -0.05) is 12.1 Å². The maximum Gasteiger partial charge on any atom is 0.306 e. The first-order valence-electron chi connectivity index (χ1n) is 7.14. The summed E-state index contributed by atoms with van der Waals surface area (Å²) in [6.07, 6.45) is 0.550. The number of nitrogens with zero attached hydrogens (tertiary/aromatic N) is 1. The van der Waals surface area contributed by atoms with Gasteiger partial charge in [0.25, 0.3) is 0 Å². The van der Waals surface area contributed by atoms with Crippen molar-refractivity contribution in [2.75, 3.05) is 18.4 Å². The summed E-state index contributed by atoms with van der Waals surface area (Å²) < 4.78 is 26.0. The van der Waals surface area contributed by atoms with Crippen LogP contribution in [-0.2, 0) is 11.2 Å². The van der Waals surface area contributed by atoms with Crippen LogP contribution in [0.15, 0.2) is 42.5 Å². The molecule has 0 aliphatic carbocycles. The van der Waals surface area contributed by atoms with Crippen LogP contribution in [0.4, 0.5) is 20.2 Å². The number of carbonyl (C=O) groups is 1. The Bertz CT molecular complexity index is 736. The minimum absolute atomic E-state index is 0.105. The number of hydrogen-bond acceptors (Lipinski definition) is 4. The molecule has 0 spiro atoms. The number of carbonyl (C=O) groups excluding carboxylic acids is 1. The van der Waals surface area contributed by atoms with Crippen LogP contribution >= 0.6 is 0 Å². The van der Waals surface area contributed by atoms with E-state index in [0.717, 1.165) is 17.7 Å². The maximum absolute atomic E-state index is 13.2. The summed E-state index contributed by atoms with van der Waals surface area (Å²) >= 11 is 0. The predicted octanol–water partition coefficient (Wildman–Crippen LogP) is 2.64. The van der Waals surface area contributed by atoms with Gasteiger partial charge in [0.15, 0.2) is 0 Å². The lowest BCUT2D eigenvalue weighted by Crippen LogP contribution is -2.31. The Hall–Kier alpha value is -3.03. The van der Waals surface area contributed by atoms with Crippen LogP contribution in [0.2, 0.25) is 0 Å². The SMILES string of the molecule is O=C(CNc1ccc(F)c([N+](=O)[O-])c1)NCCc1ccc(F)cc1. The maximum atomic E-state index is 13.2. The Morgan fingerprint density at radius 2 is 1.83 bits per heavy atom. The van der Waals surface area contributed by atoms with E-state index in [2.05, 4.69) is 10.6 Å². The summed E-state index contributed by atoms with van der Waals surface area (Å²) in [5.74, 6) is -1.57. The molecular formula is C16H15F2N3O3. The minimum Gasteiger partial charge on any atom is -0.376 e. The molecule has 0 radical (unpaired) electrons. The molecule has 2 N–H and O–H groups in total. The van der Waals surface area contributed by atoms with Crippen LogP contribution in [-0.4, -0.2) is 23.9 Å². The summed E-state index contributed by atoms with van der Waals surface area (Å²) in [5.41, 5.74) is 0.507. The molecule has 0 aromatic heterocycles. The second-order valence-electron chi connectivity index (χ2n) is 5.00. The van der Waals surface area contributed by atoms with Crippen LogP contribution < -0.4 is 10.6 Å². The van der Waals surface area contributed by atoms with Gasteiger partial charge in [-0.2, -0.15) is 4.39 Å². The van der Waals surface area contributed by atoms with Crippen LogP contribution in [0.3, 0.4) is 0 Å². The molecule has 24 heavy (non-hydrogen) atoms. The third kappa shape index (κ3) is 5.01. The van der Waals surface area contributed by atoms with Gasteiger partial charge in [-0.05, 0) is 36.2 Å². The first kappa shape index (κ1) is 17.3. The van der Waals surface area contributed by atoms with Crippen LogP contribution in [0.25, 0.3) is 0 Å². The predicted molar refractivity (Wildman–Crippen MR) is 84.7 cm³/mol. The highest BCUT2D eigenvalue weighted by Gasteiger charge is 2.14. The monoisotopic (exact) mass is 335 g/mol. The number of amides is 1. The lowest BCUT2D eigenvalue weighted by atomic mass is 10.1. The van der Waals surface area contributed by atoms with E-state index in [4.69, 9.17) is 0 Å². The number of anilines is 1. The van der Waals surface area contributed by atoms with Gasteiger partial charge in [0.1, 0.15) is 5.82 Å². The van der Waals surface area contributed by atoms with E-state index >= 15 is 0 Å². The molecule has 2 aromatic carbocycles. The van der Waals surface area contributed by atoms with Crippen molar-refractivity contribution in [3.8, 4) is 0 Å². The van der Waals surface area contributed by atoms with Crippen molar-refractivity contribution in [2.45, 2.75) is 6.42 Å². The lowest BCUT2D eigenvalue weighted by molar-refractivity contribution is -0.387. The first-order chi connectivity index (χ1) is 11.5. The molecule has 0 saturated heterocycles. The van der Waals surface area contributed by atoms with Gasteiger partial charge in [-0.25, -0.2) is 4.39 Å². The fourth-order valence-electron chi connectivity index (χ4n) is 2.00. The lowest BCUT2D eigenvalue weighted by Gasteiger charge is -2.08. The van der Waals surface area contributed by atoms with Crippen molar-refractivity contribution < 1.29 is 18.5 Å². The third-order valence-electron chi connectivity index (χ3n) is 3.25. The molecule has 0 aliphatic rings. The number of hydrogen-bond donors (Lipinski definition) is 2. The molecule has 0 heterocycles. The topological polar surface area (TPSA) is 84.3 Å². The molecule has 0 aliphatic heterocycles. The highest BCUT2D eigenvalue weighted by atomic mass is 19.1. The quantitative estimate of drug-likeness (QED) is 0.602. The second-order valence-corrected chi connectivity index (χ2v) is 5.00. The average Bonchev–Trinajstić information content (AvgIpc) is 2.55. The normalized spacial score (nSPS) is 10.2. The Balaban J connectivity index is 1.78. The summed E-state index contributed by atoms with van der Waals surface area (Å²) in [6, 6.07) is 9.28. The molecule has 2 aromatic rings. The summed E-state index contributed by atoms with van der Waals surface area (Å²) in [7, 11) is 0. The van der Waals surface area contributed by atoms with E-state index in [0.29, 0.717) is 13.0 Å². The van der Waals surface area contributed by atoms with Crippen molar-refractivity contribution in [1.29, 1.82) is 0 Å². The van der Waals surface area contributed by atoms with Crippen molar-refractivity contribution in [1.82, 2.24) is 5.32 Å². The fourth-order valence-corrected chi connectivity index (χ4v) is 2.00. The molecular weight excluding hydrogens is 320 g/mol. The van der Waals surface area contributed by atoms with Gasteiger partial charge in [0.05, 0.1) is 11.5 Å². The molecule has 8 heteroatoms. The molecule has 126 valence electrons. The molecule has 0 saturated carbocycles. The Kier molecular flexibility index (Phi) is 5.78. The standard InChI is InChI=1S/C16H15F2N3O3/c17-12-3-1-11(2-4-12)7-8-19-16(22)10-20-13-5-6-14(18)15(9-13)21(23)24/h1-6,9,20H,7-8,10H2,(H,19,22). The number of nitro benzene ring substituents is 1. The van der Waals surface area contributed by atoms with Crippen molar-refractivity contribution in [2.24, 2.45) is 0 Å². The minimum atomic E-state index is -0.936. The smallest absolute Gasteiger partial charge is 0.306 e. The molecule has 0 unspecified atom stereocenters. The summed E-state index contributed by atoms with van der Waals surface area (Å²) in [4.78, 5) is 21.5. The second kappa shape index (κ2) is 8.00. The molecule has 6 nitrogen and oxygen atoms in total. The highest BCUT2D eigenvalue weighted by molar-refractivity contribution is 5.80. The van der Waals surface area contributed by atoms with Gasteiger partial charge >= 0.3 is 5.69 Å². The largest absolute Gasteiger partial charge is 0.376 e. The number of benzene rings is 2. The zero-order valence-corrected chi connectivity index (χ0v) is 12.6. The zero-order valence-electron chi connectivity index (χ0n) is 12.6. The third-order valence-corrected chi connectivity index (χ3v) is 3.25. The van der Waals surface area contributed by atoms with Crippen molar-refractivity contribution in [3.63, 3.8) is 0 Å². The molecule has 0 atom stereocenters. The van der Waals surface area contributed by atoms with Crippen molar-refractivity contribution >= 4 is 17.3 Å². The van der Waals surface area contributed by atoms with Gasteiger partial charge < -0.3 is 10.6 Å². The molecule has 0 fully saturated rings. The summed E-state index contributed by atoms with van der Waals surface area (Å²) in [5, 5.41) is 16.0. The number of nitrogens with one attached hydrogen (secondary N) is 2. The Morgan fingerprint density at radius 3 is 2.50 bits per heavy atom. The number of nitro groups is 1. The first-order valence-corrected chi connectivity index (χ1v) is 7.14. The van der Waals surface area contributed by atoms with Crippen LogP contribution in [0.1, 0.15) is 5.56 Å². The van der Waals surface area contributed by atoms with E-state index in [-0.39, 0.29) is 24.0 Å². The zero-order chi connectivity index (χ0) is 17.5. The average molecular weight is 335 g/mol. The summed E-state index contributed by atoms with van der Waals surface area (Å²) in [6.45, 7) is 0.266. The highest BCUT2D eigenvalue weighted by Crippen LogP contribution is 2.21. The number of halogens is 2.